The second-order valence-corrected chi connectivity index (χ2v) is 2.36. The molecular weight excluding hydrogens is 162 g/mol. The van der Waals surface area contributed by atoms with Crippen LogP contribution in [0.1, 0.15) is 32.6 Å². The number of alkyl halides is 2. The molecular formula is C9H20F2O. The fourth-order valence-electron chi connectivity index (χ4n) is 0.647. The van der Waals surface area contributed by atoms with Gasteiger partial charge in [0.2, 0.25) is 0 Å². The molecule has 0 unspecified atom stereocenters. The van der Waals surface area contributed by atoms with Gasteiger partial charge in [-0.05, 0) is 19.3 Å². The van der Waals surface area contributed by atoms with Crippen molar-refractivity contribution in [2.45, 2.75) is 32.6 Å². The zero-order valence-corrected chi connectivity index (χ0v) is 8.11. The highest BCUT2D eigenvalue weighted by atomic mass is 19.1. The van der Waals surface area contributed by atoms with Crippen LogP contribution in [0.4, 0.5) is 8.78 Å². The zero-order chi connectivity index (χ0) is 9.66. The molecule has 0 spiro atoms. The molecule has 0 fully saturated rings. The summed E-state index contributed by atoms with van der Waals surface area (Å²) in [7, 11) is 0.500. The Balaban J connectivity index is 0. The van der Waals surface area contributed by atoms with Crippen LogP contribution in [0, 0.1) is 0 Å². The molecule has 0 amide bonds. The van der Waals surface area contributed by atoms with Gasteiger partial charge in [-0.25, -0.2) is 0 Å². The molecule has 0 saturated carbocycles. The van der Waals surface area contributed by atoms with Crippen LogP contribution in [0.2, 0.25) is 0 Å². The van der Waals surface area contributed by atoms with Gasteiger partial charge in [-0.15, -0.1) is 0 Å². The molecule has 0 rings (SSSR count). The smallest absolute Gasteiger partial charge is 0.0895 e. The average molecular weight is 182 g/mol. The summed E-state index contributed by atoms with van der Waals surface area (Å²) in [5.74, 6) is 0. The van der Waals surface area contributed by atoms with E-state index in [0.717, 1.165) is 26.1 Å². The van der Waals surface area contributed by atoms with E-state index in [1.165, 1.54) is 6.42 Å². The normalized spacial score (nSPS) is 9.00. The maximum atomic E-state index is 11.5. The third-order valence-electron chi connectivity index (χ3n) is 1.31. The van der Waals surface area contributed by atoms with Gasteiger partial charge >= 0.3 is 0 Å². The molecule has 0 aromatic carbocycles. The summed E-state index contributed by atoms with van der Waals surface area (Å²) in [6.07, 6.45) is 3.80. The fraction of sp³-hybridized carbons (Fsp3) is 1.00. The average Bonchev–Trinajstić information content (AvgIpc) is 2.15. The third kappa shape index (κ3) is 16.4. The summed E-state index contributed by atoms with van der Waals surface area (Å²) in [6.45, 7) is 3.48. The summed E-state index contributed by atoms with van der Waals surface area (Å²) < 4.78 is 26.2. The molecule has 0 radical (unpaired) electrons. The number of hydrogen-bond donors (Lipinski definition) is 0. The Morgan fingerprint density at radius 2 is 1.58 bits per heavy atom. The first-order valence-corrected chi connectivity index (χ1v) is 4.43. The maximum absolute atomic E-state index is 11.5. The number of hydrogen-bond acceptors (Lipinski definition) is 1. The molecule has 0 aliphatic rings. The van der Waals surface area contributed by atoms with Crippen molar-refractivity contribution in [1.29, 1.82) is 0 Å². The summed E-state index contributed by atoms with van der Waals surface area (Å²) in [6, 6.07) is 0. The highest BCUT2D eigenvalue weighted by Crippen LogP contribution is 1.93. The van der Waals surface area contributed by atoms with Gasteiger partial charge in [0.1, 0.15) is 0 Å². The van der Waals surface area contributed by atoms with E-state index < -0.39 is 0 Å². The molecule has 0 bridgehead atoms. The Kier molecular flexibility index (Phi) is 20.4. The molecule has 1 nitrogen and oxygen atoms in total. The molecule has 0 saturated heterocycles. The fourth-order valence-corrected chi connectivity index (χ4v) is 0.647. The lowest BCUT2D eigenvalue weighted by Crippen LogP contribution is -1.96. The molecule has 0 aromatic heterocycles. The largest absolute Gasteiger partial charge is 0.381 e. The van der Waals surface area contributed by atoms with Gasteiger partial charge in [0.25, 0.3) is 0 Å². The van der Waals surface area contributed by atoms with E-state index in [1.807, 2.05) is 0 Å². The minimum Gasteiger partial charge on any atom is -0.381 e. The van der Waals surface area contributed by atoms with Gasteiger partial charge in [0.05, 0.1) is 13.9 Å². The van der Waals surface area contributed by atoms with Crippen LogP contribution in [0.15, 0.2) is 0 Å². The summed E-state index contributed by atoms with van der Waals surface area (Å²) in [5.41, 5.74) is 0. The second kappa shape index (κ2) is 17.1. The summed E-state index contributed by atoms with van der Waals surface area (Å²) >= 11 is 0. The topological polar surface area (TPSA) is 9.23 Å². The summed E-state index contributed by atoms with van der Waals surface area (Å²) in [4.78, 5) is 0. The van der Waals surface area contributed by atoms with Crippen molar-refractivity contribution in [3.63, 3.8) is 0 Å². The van der Waals surface area contributed by atoms with Crippen LogP contribution < -0.4 is 0 Å². The molecule has 0 aromatic rings. The van der Waals surface area contributed by atoms with Gasteiger partial charge < -0.3 is 4.74 Å². The van der Waals surface area contributed by atoms with Crippen LogP contribution in [-0.2, 0) is 4.74 Å². The van der Waals surface area contributed by atoms with Crippen molar-refractivity contribution in [2.24, 2.45) is 0 Å². The Bertz CT molecular complexity index is 52.5. The first-order chi connectivity index (χ1) is 5.91. The van der Waals surface area contributed by atoms with E-state index in [1.54, 1.807) is 0 Å². The van der Waals surface area contributed by atoms with Crippen molar-refractivity contribution in [1.82, 2.24) is 0 Å². The Hall–Kier alpha value is -0.180. The van der Waals surface area contributed by atoms with E-state index in [9.17, 15) is 8.78 Å². The van der Waals surface area contributed by atoms with E-state index in [-0.39, 0.29) is 6.67 Å². The number of unbranched alkanes of at least 4 members (excludes halogenated alkanes) is 2. The van der Waals surface area contributed by atoms with Crippen molar-refractivity contribution in [2.75, 3.05) is 27.1 Å². The van der Waals surface area contributed by atoms with Crippen molar-refractivity contribution < 1.29 is 13.5 Å². The molecule has 0 atom stereocenters. The van der Waals surface area contributed by atoms with Crippen molar-refractivity contribution in [3.05, 3.63) is 0 Å². The lowest BCUT2D eigenvalue weighted by Gasteiger charge is -2.00. The predicted molar refractivity (Wildman–Crippen MR) is 48.0 cm³/mol. The molecule has 0 aliphatic heterocycles. The van der Waals surface area contributed by atoms with Crippen LogP contribution >= 0.6 is 0 Å². The second-order valence-electron chi connectivity index (χ2n) is 2.36. The molecule has 12 heavy (non-hydrogen) atoms. The molecule has 3 heteroatoms. The molecule has 0 heterocycles. The minimum atomic E-state index is -0.211. The number of rotatable bonds is 7. The van der Waals surface area contributed by atoms with Gasteiger partial charge in [-0.3, -0.25) is 8.78 Å². The van der Waals surface area contributed by atoms with E-state index in [2.05, 4.69) is 6.92 Å². The highest BCUT2D eigenvalue weighted by Gasteiger charge is 1.87. The maximum Gasteiger partial charge on any atom is 0.0895 e. The predicted octanol–water partition coefficient (Wildman–Crippen LogP) is 3.14. The Labute approximate surface area is 74.1 Å². The van der Waals surface area contributed by atoms with E-state index >= 15 is 0 Å². The van der Waals surface area contributed by atoms with Crippen molar-refractivity contribution in [3.8, 4) is 0 Å². The van der Waals surface area contributed by atoms with Crippen molar-refractivity contribution >= 4 is 0 Å². The minimum absolute atomic E-state index is 0.211. The molecule has 76 valence electrons. The number of ether oxygens (including phenoxy) is 1. The lowest BCUT2D eigenvalue weighted by atomic mass is 10.3. The standard InChI is InChI=1S/C8H17FO.CH3F/c1-2-3-7-10-8-5-4-6-9;1-2/h2-8H2,1H3;1H3. The first kappa shape index (κ1) is 14.3. The monoisotopic (exact) mass is 182 g/mol. The van der Waals surface area contributed by atoms with E-state index in [4.69, 9.17) is 4.74 Å². The third-order valence-corrected chi connectivity index (χ3v) is 1.31. The summed E-state index contributed by atoms with van der Waals surface area (Å²) in [5, 5.41) is 0. The SMILES string of the molecule is CCCCOCCCCF.CF. The van der Waals surface area contributed by atoms with E-state index in [0.29, 0.717) is 13.6 Å². The van der Waals surface area contributed by atoms with Gasteiger partial charge in [-0.2, -0.15) is 0 Å². The van der Waals surface area contributed by atoms with Gasteiger partial charge in [0.15, 0.2) is 0 Å². The van der Waals surface area contributed by atoms with Gasteiger partial charge in [0, 0.05) is 13.2 Å². The molecule has 0 aliphatic carbocycles. The number of halogens is 2. The lowest BCUT2D eigenvalue weighted by molar-refractivity contribution is 0.126. The zero-order valence-electron chi connectivity index (χ0n) is 8.11. The van der Waals surface area contributed by atoms with Crippen LogP contribution in [0.25, 0.3) is 0 Å². The van der Waals surface area contributed by atoms with Crippen LogP contribution in [-0.4, -0.2) is 27.1 Å². The van der Waals surface area contributed by atoms with Crippen LogP contribution in [0.5, 0.6) is 0 Å². The van der Waals surface area contributed by atoms with Crippen LogP contribution in [0.3, 0.4) is 0 Å². The Morgan fingerprint density at radius 3 is 2.08 bits per heavy atom. The molecule has 0 N–H and O–H groups in total. The van der Waals surface area contributed by atoms with Gasteiger partial charge in [-0.1, -0.05) is 13.3 Å². The first-order valence-electron chi connectivity index (χ1n) is 4.43. The highest BCUT2D eigenvalue weighted by molar-refractivity contribution is 4.37. The quantitative estimate of drug-likeness (QED) is 0.549. The Morgan fingerprint density at radius 1 is 1.00 bits per heavy atom.